The summed E-state index contributed by atoms with van der Waals surface area (Å²) in [4.78, 5) is 45.9. The van der Waals surface area contributed by atoms with E-state index >= 15 is 0 Å². The third-order valence-corrected chi connectivity index (χ3v) is 12.0. The lowest BCUT2D eigenvalue weighted by Gasteiger charge is -2.60. The second-order valence-corrected chi connectivity index (χ2v) is 14.3. The predicted octanol–water partition coefficient (Wildman–Crippen LogP) is 4.87. The number of amides is 2. The number of hydrogen-bond acceptors (Lipinski definition) is 6. The highest BCUT2D eigenvalue weighted by molar-refractivity contribution is 5.86. The van der Waals surface area contributed by atoms with Gasteiger partial charge in [-0.1, -0.05) is 19.0 Å². The third kappa shape index (κ3) is 5.15. The number of rotatable bonds is 5. The molecule has 0 aromatic rings. The standard InChI is InChI=1S/C31H50N4O4/c1-19(33-39-29(38)35(6)18-21-8-12-27(32-21)28(37)34(4)5)24-10-11-25-23-9-7-20-17-22(36)13-15-30(20,2)26(23)14-16-31(24,25)3/h20-21,23-27,32H,7-18H2,1-6H3/b33-19+/t20-,21?,23-,24+,25-,26-,27?,30-,31+/m0/s1. The number of hydrogen-bond donors (Lipinski definition) is 1. The average molecular weight is 543 g/mol. The van der Waals surface area contributed by atoms with Crippen LogP contribution in [-0.4, -0.2) is 73.1 Å². The fraction of sp³-hybridized carbons (Fsp3) is 0.871. The zero-order valence-electron chi connectivity index (χ0n) is 25.0. The lowest BCUT2D eigenvalue weighted by Crippen LogP contribution is -2.53. The molecule has 5 fully saturated rings. The molecule has 4 aliphatic carbocycles. The maximum atomic E-state index is 12.8. The maximum absolute atomic E-state index is 12.8. The van der Waals surface area contributed by atoms with Gasteiger partial charge in [0.05, 0.1) is 11.8 Å². The Balaban J connectivity index is 1.17. The van der Waals surface area contributed by atoms with Crippen molar-refractivity contribution in [1.82, 2.24) is 15.1 Å². The van der Waals surface area contributed by atoms with E-state index in [2.05, 4.69) is 24.3 Å². The molecular weight excluding hydrogens is 492 g/mol. The maximum Gasteiger partial charge on any atom is 0.435 e. The topological polar surface area (TPSA) is 91.3 Å². The Morgan fingerprint density at radius 2 is 1.72 bits per heavy atom. The van der Waals surface area contributed by atoms with E-state index in [0.717, 1.165) is 56.1 Å². The summed E-state index contributed by atoms with van der Waals surface area (Å²) in [6, 6.07) is -0.107. The van der Waals surface area contributed by atoms with Crippen LogP contribution in [0.5, 0.6) is 0 Å². The molecule has 8 nitrogen and oxygen atoms in total. The number of Topliss-reactive ketones (excluding diaryl/α,β-unsaturated/α-hetero) is 1. The molecule has 1 N–H and O–H groups in total. The van der Waals surface area contributed by atoms with Crippen molar-refractivity contribution >= 4 is 23.5 Å². The van der Waals surface area contributed by atoms with Crippen molar-refractivity contribution in [2.24, 2.45) is 45.6 Å². The van der Waals surface area contributed by atoms with Crippen LogP contribution in [0, 0.1) is 40.4 Å². The van der Waals surface area contributed by atoms with Crippen molar-refractivity contribution < 1.29 is 19.2 Å². The molecule has 1 aliphatic heterocycles. The normalized spacial score (nSPS) is 41.8. The highest BCUT2D eigenvalue weighted by Gasteiger charge is 2.60. The van der Waals surface area contributed by atoms with E-state index in [1.807, 2.05) is 6.92 Å². The van der Waals surface area contributed by atoms with Crippen molar-refractivity contribution in [1.29, 1.82) is 0 Å². The fourth-order valence-corrected chi connectivity index (χ4v) is 9.85. The first-order valence-electron chi connectivity index (χ1n) is 15.4. The number of fused-ring (bicyclic) bond motifs is 5. The number of carbonyl (C=O) groups excluding carboxylic acids is 3. The summed E-state index contributed by atoms with van der Waals surface area (Å²) in [7, 11) is 5.27. The van der Waals surface area contributed by atoms with Gasteiger partial charge in [0.1, 0.15) is 5.78 Å². The van der Waals surface area contributed by atoms with Gasteiger partial charge >= 0.3 is 6.09 Å². The average Bonchev–Trinajstić information content (AvgIpc) is 3.50. The quantitative estimate of drug-likeness (QED) is 0.304. The summed E-state index contributed by atoms with van der Waals surface area (Å²) in [6.45, 7) is 7.50. The minimum Gasteiger partial charge on any atom is -0.347 e. The molecule has 2 unspecified atom stereocenters. The molecule has 5 rings (SSSR count). The van der Waals surface area contributed by atoms with E-state index < -0.39 is 6.09 Å². The van der Waals surface area contributed by atoms with Crippen molar-refractivity contribution in [2.45, 2.75) is 103 Å². The lowest BCUT2D eigenvalue weighted by molar-refractivity contribution is -0.138. The number of carbonyl (C=O) groups is 3. The van der Waals surface area contributed by atoms with E-state index in [-0.39, 0.29) is 23.4 Å². The minimum atomic E-state index is -0.444. The number of nitrogens with one attached hydrogen (secondary N) is 1. The Morgan fingerprint density at radius 1 is 0.974 bits per heavy atom. The Kier molecular flexibility index (Phi) is 7.90. The SMILES string of the molecule is C/C(=N\OC(=O)N(C)CC1CCC(C(=O)N(C)C)N1)[C@H]1CC[C@H]2[C@@H]3CC[C@H]4CC(=O)CC[C@]4(C)[C@H]3CC[C@]12C. The zero-order valence-corrected chi connectivity index (χ0v) is 25.0. The van der Waals surface area contributed by atoms with Crippen LogP contribution < -0.4 is 5.32 Å². The summed E-state index contributed by atoms with van der Waals surface area (Å²) in [5.41, 5.74) is 1.47. The van der Waals surface area contributed by atoms with Gasteiger partial charge in [-0.05, 0) is 99.2 Å². The summed E-state index contributed by atoms with van der Waals surface area (Å²) in [6.07, 6.45) is 11.1. The third-order valence-electron chi connectivity index (χ3n) is 12.0. The Bertz CT molecular complexity index is 1010. The minimum absolute atomic E-state index is 0.0745. The van der Waals surface area contributed by atoms with Crippen LogP contribution in [0.4, 0.5) is 4.79 Å². The van der Waals surface area contributed by atoms with Gasteiger partial charge in [0.25, 0.3) is 0 Å². The van der Waals surface area contributed by atoms with E-state index in [1.165, 1.54) is 32.1 Å². The molecule has 8 heteroatoms. The molecule has 1 saturated heterocycles. The summed E-state index contributed by atoms with van der Waals surface area (Å²) in [5, 5.41) is 7.76. The highest BCUT2D eigenvalue weighted by atomic mass is 16.7. The van der Waals surface area contributed by atoms with Gasteiger partial charge in [0.2, 0.25) is 5.91 Å². The molecule has 0 aromatic carbocycles. The Hall–Kier alpha value is -1.96. The van der Waals surface area contributed by atoms with Crippen LogP contribution in [0.25, 0.3) is 0 Å². The van der Waals surface area contributed by atoms with Crippen LogP contribution >= 0.6 is 0 Å². The summed E-state index contributed by atoms with van der Waals surface area (Å²) >= 11 is 0. The molecule has 5 aliphatic rings. The first kappa shape index (κ1) is 28.6. The first-order valence-corrected chi connectivity index (χ1v) is 15.4. The Labute approximate surface area is 234 Å². The van der Waals surface area contributed by atoms with Crippen LogP contribution in [0.15, 0.2) is 5.16 Å². The lowest BCUT2D eigenvalue weighted by atomic mass is 9.44. The van der Waals surface area contributed by atoms with Crippen molar-refractivity contribution in [3.8, 4) is 0 Å². The summed E-state index contributed by atoms with van der Waals surface area (Å²) in [5.74, 6) is 3.65. The van der Waals surface area contributed by atoms with Crippen LogP contribution in [-0.2, 0) is 14.4 Å². The first-order chi connectivity index (χ1) is 18.4. The molecule has 0 spiro atoms. The highest BCUT2D eigenvalue weighted by Crippen LogP contribution is 2.67. The van der Waals surface area contributed by atoms with Crippen molar-refractivity contribution in [3.63, 3.8) is 0 Å². The van der Waals surface area contributed by atoms with Gasteiger partial charge in [-0.15, -0.1) is 0 Å². The zero-order chi connectivity index (χ0) is 28.1. The molecule has 1 heterocycles. The monoisotopic (exact) mass is 542 g/mol. The van der Waals surface area contributed by atoms with Gasteiger partial charge in [0.15, 0.2) is 0 Å². The van der Waals surface area contributed by atoms with Crippen LogP contribution in [0.2, 0.25) is 0 Å². The molecule has 0 aromatic heterocycles. The largest absolute Gasteiger partial charge is 0.435 e. The fourth-order valence-electron chi connectivity index (χ4n) is 9.85. The molecule has 4 saturated carbocycles. The number of ketones is 1. The summed E-state index contributed by atoms with van der Waals surface area (Å²) < 4.78 is 0. The molecule has 9 atom stereocenters. The predicted molar refractivity (Wildman–Crippen MR) is 151 cm³/mol. The van der Waals surface area contributed by atoms with Crippen molar-refractivity contribution in [2.75, 3.05) is 27.7 Å². The van der Waals surface area contributed by atoms with Crippen molar-refractivity contribution in [3.05, 3.63) is 0 Å². The van der Waals surface area contributed by atoms with Gasteiger partial charge in [-0.2, -0.15) is 0 Å². The molecule has 0 bridgehead atoms. The van der Waals surface area contributed by atoms with E-state index in [1.54, 1.807) is 30.9 Å². The second-order valence-electron chi connectivity index (χ2n) is 14.3. The van der Waals surface area contributed by atoms with E-state index in [4.69, 9.17) is 4.84 Å². The second kappa shape index (κ2) is 10.8. The van der Waals surface area contributed by atoms with E-state index in [9.17, 15) is 14.4 Å². The van der Waals surface area contributed by atoms with Gasteiger partial charge in [-0.25, -0.2) is 4.79 Å². The number of oxime groups is 1. The molecule has 2 amide bonds. The number of nitrogens with zero attached hydrogens (tertiary/aromatic N) is 3. The van der Waals surface area contributed by atoms with Crippen LogP contribution in [0.3, 0.4) is 0 Å². The van der Waals surface area contributed by atoms with Gasteiger partial charge in [0, 0.05) is 52.5 Å². The van der Waals surface area contributed by atoms with Crippen LogP contribution in [0.1, 0.15) is 91.4 Å². The molecule has 0 radical (unpaired) electrons. The number of likely N-dealkylation sites (N-methyl/N-ethyl adjacent to an activating group) is 2. The Morgan fingerprint density at radius 3 is 2.46 bits per heavy atom. The van der Waals surface area contributed by atoms with Gasteiger partial charge in [-0.3, -0.25) is 14.4 Å². The molecule has 39 heavy (non-hydrogen) atoms. The molecular formula is C31H50N4O4. The van der Waals surface area contributed by atoms with E-state index in [0.29, 0.717) is 35.5 Å². The van der Waals surface area contributed by atoms with Gasteiger partial charge < -0.3 is 15.1 Å². The smallest absolute Gasteiger partial charge is 0.347 e. The molecule has 218 valence electrons.